The van der Waals surface area contributed by atoms with E-state index in [1.807, 2.05) is 48.5 Å². The normalized spacial score (nSPS) is 10.8. The van der Waals surface area contributed by atoms with Crippen LogP contribution in [0.2, 0.25) is 10.0 Å². The van der Waals surface area contributed by atoms with Crippen molar-refractivity contribution in [1.29, 1.82) is 0 Å². The van der Waals surface area contributed by atoms with E-state index < -0.39 is 0 Å². The number of allylic oxidation sites excluding steroid dienone is 1. The van der Waals surface area contributed by atoms with Crippen LogP contribution in [0.15, 0.2) is 78.9 Å². The number of carbonyl (C=O) groups excluding carboxylic acids is 1. The van der Waals surface area contributed by atoms with Crippen molar-refractivity contribution in [2.45, 2.75) is 6.61 Å². The molecule has 0 aliphatic heterocycles. The molecule has 0 N–H and O–H groups in total. The summed E-state index contributed by atoms with van der Waals surface area (Å²) in [6.45, 7) is 0.401. The molecule has 0 fully saturated rings. The fourth-order valence-electron chi connectivity index (χ4n) is 2.34. The van der Waals surface area contributed by atoms with E-state index in [-0.39, 0.29) is 5.78 Å². The maximum absolute atomic E-state index is 12.1. The minimum Gasteiger partial charge on any atom is -0.489 e. The Bertz CT molecular complexity index is 917. The molecule has 0 amide bonds. The second kappa shape index (κ2) is 8.70. The molecule has 0 aliphatic carbocycles. The van der Waals surface area contributed by atoms with Crippen LogP contribution in [-0.4, -0.2) is 5.78 Å². The van der Waals surface area contributed by atoms with Gasteiger partial charge in [0.2, 0.25) is 0 Å². The first-order valence-electron chi connectivity index (χ1n) is 8.06. The van der Waals surface area contributed by atoms with Gasteiger partial charge in [-0.3, -0.25) is 4.79 Å². The largest absolute Gasteiger partial charge is 0.489 e. The van der Waals surface area contributed by atoms with Gasteiger partial charge in [-0.1, -0.05) is 77.8 Å². The van der Waals surface area contributed by atoms with Crippen LogP contribution in [0.5, 0.6) is 5.75 Å². The third-order valence-electron chi connectivity index (χ3n) is 3.76. The molecule has 0 unspecified atom stereocenters. The maximum atomic E-state index is 12.1. The lowest BCUT2D eigenvalue weighted by atomic mass is 10.1. The van der Waals surface area contributed by atoms with Crippen LogP contribution in [0.3, 0.4) is 0 Å². The Balaban J connectivity index is 1.58. The fourth-order valence-corrected chi connectivity index (χ4v) is 2.66. The average molecular weight is 383 g/mol. The molecular weight excluding hydrogens is 367 g/mol. The molecule has 0 heterocycles. The lowest BCUT2D eigenvalue weighted by molar-refractivity contribution is 0.104. The smallest absolute Gasteiger partial charge is 0.185 e. The summed E-state index contributed by atoms with van der Waals surface area (Å²) in [6.07, 6.45) is 3.36. The Morgan fingerprint density at radius 2 is 1.62 bits per heavy atom. The Kier molecular flexibility index (Phi) is 6.11. The van der Waals surface area contributed by atoms with E-state index in [0.717, 1.165) is 16.9 Å². The number of ether oxygens (including phenoxy) is 1. The van der Waals surface area contributed by atoms with Gasteiger partial charge in [0.25, 0.3) is 0 Å². The van der Waals surface area contributed by atoms with Crippen molar-refractivity contribution in [2.24, 2.45) is 0 Å². The van der Waals surface area contributed by atoms with Gasteiger partial charge in [-0.15, -0.1) is 0 Å². The van der Waals surface area contributed by atoms with Gasteiger partial charge in [0.1, 0.15) is 12.4 Å². The van der Waals surface area contributed by atoms with Gasteiger partial charge in [-0.25, -0.2) is 0 Å². The van der Waals surface area contributed by atoms with Crippen molar-refractivity contribution in [2.75, 3.05) is 0 Å². The van der Waals surface area contributed by atoms with Crippen LogP contribution >= 0.6 is 23.2 Å². The molecule has 26 heavy (non-hydrogen) atoms. The van der Waals surface area contributed by atoms with E-state index in [0.29, 0.717) is 22.2 Å². The molecule has 0 spiro atoms. The molecule has 4 heteroatoms. The summed E-state index contributed by atoms with van der Waals surface area (Å²) in [4.78, 5) is 12.1. The molecule has 0 bridgehead atoms. The first kappa shape index (κ1) is 18.2. The SMILES string of the molecule is O=C(C=Cc1ccc(OCc2ccc(Cl)c(Cl)c2)cc1)c1ccccc1. The summed E-state index contributed by atoms with van der Waals surface area (Å²) in [5, 5.41) is 1.04. The molecule has 0 saturated heterocycles. The van der Waals surface area contributed by atoms with Crippen LogP contribution in [0.4, 0.5) is 0 Å². The predicted octanol–water partition coefficient (Wildman–Crippen LogP) is 6.47. The highest BCUT2D eigenvalue weighted by Crippen LogP contribution is 2.23. The van der Waals surface area contributed by atoms with Gasteiger partial charge in [0.05, 0.1) is 10.0 Å². The topological polar surface area (TPSA) is 26.3 Å². The van der Waals surface area contributed by atoms with Crippen LogP contribution in [0.1, 0.15) is 21.5 Å². The zero-order valence-corrected chi connectivity index (χ0v) is 15.4. The van der Waals surface area contributed by atoms with Gasteiger partial charge >= 0.3 is 0 Å². The number of rotatable bonds is 6. The van der Waals surface area contributed by atoms with Crippen LogP contribution in [0.25, 0.3) is 6.08 Å². The summed E-state index contributed by atoms with van der Waals surface area (Å²) in [5.74, 6) is 0.716. The quantitative estimate of drug-likeness (QED) is 0.360. The Labute approximate surface area is 162 Å². The van der Waals surface area contributed by atoms with Crippen molar-refractivity contribution in [1.82, 2.24) is 0 Å². The van der Waals surface area contributed by atoms with Gasteiger partial charge < -0.3 is 4.74 Å². The fraction of sp³-hybridized carbons (Fsp3) is 0.0455. The van der Waals surface area contributed by atoms with Gasteiger partial charge in [0, 0.05) is 5.56 Å². The lowest BCUT2D eigenvalue weighted by Crippen LogP contribution is -1.95. The molecule has 0 atom stereocenters. The number of carbonyl (C=O) groups is 1. The number of hydrogen-bond acceptors (Lipinski definition) is 2. The van der Waals surface area contributed by atoms with Crippen molar-refractivity contribution < 1.29 is 9.53 Å². The number of benzene rings is 3. The van der Waals surface area contributed by atoms with E-state index >= 15 is 0 Å². The second-order valence-corrected chi connectivity index (χ2v) is 6.48. The van der Waals surface area contributed by atoms with Crippen LogP contribution in [-0.2, 0) is 6.61 Å². The summed E-state index contributed by atoms with van der Waals surface area (Å²) in [7, 11) is 0. The van der Waals surface area contributed by atoms with E-state index in [1.54, 1.807) is 36.4 Å². The molecular formula is C22H16Cl2O2. The lowest BCUT2D eigenvalue weighted by Gasteiger charge is -2.07. The Morgan fingerprint density at radius 3 is 2.31 bits per heavy atom. The Morgan fingerprint density at radius 1 is 0.885 bits per heavy atom. The van der Waals surface area contributed by atoms with E-state index in [9.17, 15) is 4.79 Å². The van der Waals surface area contributed by atoms with E-state index in [2.05, 4.69) is 0 Å². The Hall–Kier alpha value is -2.55. The highest BCUT2D eigenvalue weighted by molar-refractivity contribution is 6.42. The monoisotopic (exact) mass is 382 g/mol. The highest BCUT2D eigenvalue weighted by Gasteiger charge is 2.02. The summed E-state index contributed by atoms with van der Waals surface area (Å²) in [5.41, 5.74) is 2.54. The van der Waals surface area contributed by atoms with Crippen LogP contribution in [0, 0.1) is 0 Å². The maximum Gasteiger partial charge on any atom is 0.185 e. The summed E-state index contributed by atoms with van der Waals surface area (Å²) < 4.78 is 5.74. The molecule has 3 aromatic rings. The third kappa shape index (κ3) is 4.98. The van der Waals surface area contributed by atoms with Crippen molar-refractivity contribution in [3.8, 4) is 5.75 Å². The second-order valence-electron chi connectivity index (χ2n) is 5.67. The van der Waals surface area contributed by atoms with Gasteiger partial charge in [0.15, 0.2) is 5.78 Å². The molecule has 0 saturated carbocycles. The predicted molar refractivity (Wildman–Crippen MR) is 107 cm³/mol. The molecule has 0 aromatic heterocycles. The molecule has 3 aromatic carbocycles. The zero-order valence-electron chi connectivity index (χ0n) is 13.9. The molecule has 2 nitrogen and oxygen atoms in total. The first-order valence-corrected chi connectivity index (χ1v) is 8.82. The molecule has 3 rings (SSSR count). The van der Waals surface area contributed by atoms with Gasteiger partial charge in [-0.2, -0.15) is 0 Å². The molecule has 130 valence electrons. The average Bonchev–Trinajstić information content (AvgIpc) is 2.68. The number of hydrogen-bond donors (Lipinski definition) is 0. The highest BCUT2D eigenvalue weighted by atomic mass is 35.5. The minimum atomic E-state index is -0.0226. The van der Waals surface area contributed by atoms with E-state index in [1.165, 1.54) is 0 Å². The van der Waals surface area contributed by atoms with Crippen molar-refractivity contribution in [3.05, 3.63) is 106 Å². The molecule has 0 aliphatic rings. The first-order chi connectivity index (χ1) is 12.6. The van der Waals surface area contributed by atoms with Crippen molar-refractivity contribution >= 4 is 35.1 Å². The van der Waals surface area contributed by atoms with Gasteiger partial charge in [-0.05, 0) is 41.5 Å². The molecule has 0 radical (unpaired) electrons. The zero-order chi connectivity index (χ0) is 18.4. The minimum absolute atomic E-state index is 0.0226. The number of ketones is 1. The standard InChI is InChI=1S/C22H16Cl2O2/c23-20-12-8-17(14-21(20)24)15-26-19-10-6-16(7-11-19)9-13-22(25)18-4-2-1-3-5-18/h1-14H,15H2. The van der Waals surface area contributed by atoms with E-state index in [4.69, 9.17) is 27.9 Å². The van der Waals surface area contributed by atoms with Crippen LogP contribution < -0.4 is 4.74 Å². The summed E-state index contributed by atoms with van der Waals surface area (Å²) >= 11 is 11.9. The summed E-state index contributed by atoms with van der Waals surface area (Å²) in [6, 6.07) is 22.1. The third-order valence-corrected chi connectivity index (χ3v) is 4.49. The number of halogens is 2. The van der Waals surface area contributed by atoms with Crippen molar-refractivity contribution in [3.63, 3.8) is 0 Å².